The maximum absolute atomic E-state index is 13.2. The van der Waals surface area contributed by atoms with Crippen molar-refractivity contribution in [1.29, 1.82) is 0 Å². The van der Waals surface area contributed by atoms with Crippen LogP contribution in [0.25, 0.3) is 0 Å². The molecule has 1 atom stereocenters. The van der Waals surface area contributed by atoms with Gasteiger partial charge in [0, 0.05) is 11.6 Å². The zero-order chi connectivity index (χ0) is 18.7. The molecule has 138 valence electrons. The number of hydrogen-bond donors (Lipinski definition) is 0. The second-order valence-electron chi connectivity index (χ2n) is 6.05. The molecule has 0 spiro atoms. The molecule has 1 aliphatic rings. The SMILES string of the molecule is CCOC(=O)CC1c2ccccc2CCN1S(=O)(=O)c1cccc(Cl)c1. The van der Waals surface area contributed by atoms with Crippen molar-refractivity contribution in [3.8, 4) is 0 Å². The molecule has 0 saturated carbocycles. The van der Waals surface area contributed by atoms with E-state index in [-0.39, 0.29) is 17.9 Å². The molecular weight excluding hydrogens is 374 g/mol. The number of hydrogen-bond acceptors (Lipinski definition) is 4. The average Bonchev–Trinajstić information content (AvgIpc) is 2.62. The molecule has 1 aliphatic heterocycles. The Balaban J connectivity index is 2.03. The highest BCUT2D eigenvalue weighted by atomic mass is 35.5. The van der Waals surface area contributed by atoms with Crippen molar-refractivity contribution in [1.82, 2.24) is 4.31 Å². The fourth-order valence-corrected chi connectivity index (χ4v) is 5.18. The number of nitrogens with zero attached hydrogens (tertiary/aromatic N) is 1. The first-order chi connectivity index (χ1) is 12.4. The molecule has 0 saturated heterocycles. The van der Waals surface area contributed by atoms with Crippen molar-refractivity contribution in [2.45, 2.75) is 30.7 Å². The Labute approximate surface area is 158 Å². The van der Waals surface area contributed by atoms with Gasteiger partial charge in [0.05, 0.1) is 24.0 Å². The molecule has 0 bridgehead atoms. The normalized spacial score (nSPS) is 17.5. The van der Waals surface area contributed by atoms with Crippen LogP contribution < -0.4 is 0 Å². The quantitative estimate of drug-likeness (QED) is 0.728. The van der Waals surface area contributed by atoms with Crippen LogP contribution in [0.3, 0.4) is 0 Å². The molecule has 7 heteroatoms. The first kappa shape index (κ1) is 18.9. The lowest BCUT2D eigenvalue weighted by molar-refractivity contribution is -0.144. The topological polar surface area (TPSA) is 63.7 Å². The predicted molar refractivity (Wildman–Crippen MR) is 99.5 cm³/mol. The van der Waals surface area contributed by atoms with Crippen LogP contribution in [-0.2, 0) is 26.0 Å². The van der Waals surface area contributed by atoms with Crippen LogP contribution in [0, 0.1) is 0 Å². The number of ether oxygens (including phenoxy) is 1. The molecule has 0 fully saturated rings. The van der Waals surface area contributed by atoms with Crippen LogP contribution in [0.4, 0.5) is 0 Å². The first-order valence-corrected chi connectivity index (χ1v) is 10.3. The summed E-state index contributed by atoms with van der Waals surface area (Å²) in [7, 11) is -3.80. The number of halogens is 1. The van der Waals surface area contributed by atoms with Gasteiger partial charge in [0.1, 0.15) is 0 Å². The van der Waals surface area contributed by atoms with E-state index in [4.69, 9.17) is 16.3 Å². The number of carbonyl (C=O) groups excluding carboxylic acids is 1. The Morgan fingerprint density at radius 3 is 2.73 bits per heavy atom. The minimum Gasteiger partial charge on any atom is -0.466 e. The van der Waals surface area contributed by atoms with Crippen LogP contribution in [0.2, 0.25) is 5.02 Å². The number of benzene rings is 2. The largest absolute Gasteiger partial charge is 0.466 e. The molecule has 0 N–H and O–H groups in total. The van der Waals surface area contributed by atoms with Gasteiger partial charge in [0.2, 0.25) is 10.0 Å². The average molecular weight is 394 g/mol. The summed E-state index contributed by atoms with van der Waals surface area (Å²) in [5, 5.41) is 0.352. The van der Waals surface area contributed by atoms with Gasteiger partial charge in [-0.2, -0.15) is 4.31 Å². The zero-order valence-electron chi connectivity index (χ0n) is 14.4. The van der Waals surface area contributed by atoms with Crippen molar-refractivity contribution in [3.05, 3.63) is 64.7 Å². The third kappa shape index (κ3) is 3.77. The molecule has 2 aromatic carbocycles. The lowest BCUT2D eigenvalue weighted by Gasteiger charge is -2.36. The van der Waals surface area contributed by atoms with E-state index < -0.39 is 22.0 Å². The fraction of sp³-hybridized carbons (Fsp3) is 0.316. The van der Waals surface area contributed by atoms with Gasteiger partial charge in [-0.3, -0.25) is 4.79 Å². The second-order valence-corrected chi connectivity index (χ2v) is 8.37. The van der Waals surface area contributed by atoms with E-state index in [0.29, 0.717) is 18.0 Å². The minimum atomic E-state index is -3.80. The summed E-state index contributed by atoms with van der Waals surface area (Å²) in [6, 6.07) is 13.2. The van der Waals surface area contributed by atoms with E-state index in [0.717, 1.165) is 11.1 Å². The summed E-state index contributed by atoms with van der Waals surface area (Å²) in [6.45, 7) is 2.29. The summed E-state index contributed by atoms with van der Waals surface area (Å²) in [5.74, 6) is -0.416. The lowest BCUT2D eigenvalue weighted by atomic mass is 9.92. The van der Waals surface area contributed by atoms with Gasteiger partial charge < -0.3 is 4.74 Å². The first-order valence-electron chi connectivity index (χ1n) is 8.44. The Hall–Kier alpha value is -1.89. The Kier molecular flexibility index (Phi) is 5.65. The lowest BCUT2D eigenvalue weighted by Crippen LogP contribution is -2.41. The van der Waals surface area contributed by atoms with Gasteiger partial charge in [0.25, 0.3) is 0 Å². The molecule has 1 unspecified atom stereocenters. The van der Waals surface area contributed by atoms with Crippen LogP contribution in [-0.4, -0.2) is 31.8 Å². The summed E-state index contributed by atoms with van der Waals surface area (Å²) < 4.78 is 32.9. The molecule has 2 aromatic rings. The Morgan fingerprint density at radius 2 is 2.00 bits per heavy atom. The molecule has 5 nitrogen and oxygen atoms in total. The fourth-order valence-electron chi connectivity index (χ4n) is 3.27. The van der Waals surface area contributed by atoms with Crippen LogP contribution in [0.1, 0.15) is 30.5 Å². The highest BCUT2D eigenvalue weighted by Gasteiger charge is 2.37. The van der Waals surface area contributed by atoms with Crippen molar-refractivity contribution in [3.63, 3.8) is 0 Å². The third-order valence-electron chi connectivity index (χ3n) is 4.43. The van der Waals surface area contributed by atoms with E-state index in [1.807, 2.05) is 24.3 Å². The highest BCUT2D eigenvalue weighted by Crippen LogP contribution is 2.36. The number of esters is 1. The summed E-state index contributed by atoms with van der Waals surface area (Å²) >= 11 is 5.98. The third-order valence-corrected chi connectivity index (χ3v) is 6.57. The summed E-state index contributed by atoms with van der Waals surface area (Å²) in [5.41, 5.74) is 1.90. The number of carbonyl (C=O) groups is 1. The van der Waals surface area contributed by atoms with Crippen molar-refractivity contribution in [2.24, 2.45) is 0 Å². The minimum absolute atomic E-state index is 0.0232. The van der Waals surface area contributed by atoms with Crippen LogP contribution in [0.5, 0.6) is 0 Å². The summed E-state index contributed by atoms with van der Waals surface area (Å²) in [4.78, 5) is 12.2. The van der Waals surface area contributed by atoms with E-state index >= 15 is 0 Å². The molecule has 0 radical (unpaired) electrons. The van der Waals surface area contributed by atoms with Gasteiger partial charge in [-0.25, -0.2) is 8.42 Å². The van der Waals surface area contributed by atoms with Gasteiger partial charge in [0.15, 0.2) is 0 Å². The smallest absolute Gasteiger partial charge is 0.307 e. The second kappa shape index (κ2) is 7.78. The zero-order valence-corrected chi connectivity index (χ0v) is 16.0. The molecule has 3 rings (SSSR count). The molecular formula is C19H20ClNO4S. The van der Waals surface area contributed by atoms with Crippen molar-refractivity contribution >= 4 is 27.6 Å². The van der Waals surface area contributed by atoms with Gasteiger partial charge in [-0.15, -0.1) is 0 Å². The van der Waals surface area contributed by atoms with Gasteiger partial charge in [-0.1, -0.05) is 41.9 Å². The molecule has 0 aliphatic carbocycles. The predicted octanol–water partition coefficient (Wildman–Crippen LogP) is 3.58. The van der Waals surface area contributed by atoms with Crippen molar-refractivity contribution < 1.29 is 17.9 Å². The summed E-state index contributed by atoms with van der Waals surface area (Å²) in [6.07, 6.45) is 0.569. The monoisotopic (exact) mass is 393 g/mol. The standard InChI is InChI=1S/C19H20ClNO4S/c1-2-25-19(22)13-18-17-9-4-3-6-14(17)10-11-21(18)26(23,24)16-8-5-7-15(20)12-16/h3-9,12,18H,2,10-11,13H2,1H3. The van der Waals surface area contributed by atoms with E-state index in [1.165, 1.54) is 16.4 Å². The molecule has 26 heavy (non-hydrogen) atoms. The van der Waals surface area contributed by atoms with E-state index in [9.17, 15) is 13.2 Å². The highest BCUT2D eigenvalue weighted by molar-refractivity contribution is 7.89. The van der Waals surface area contributed by atoms with Gasteiger partial charge in [-0.05, 0) is 42.7 Å². The number of rotatable bonds is 5. The maximum atomic E-state index is 13.2. The Bertz CT molecular complexity index is 913. The number of sulfonamides is 1. The molecule has 0 amide bonds. The van der Waals surface area contributed by atoms with Crippen LogP contribution in [0.15, 0.2) is 53.4 Å². The van der Waals surface area contributed by atoms with Crippen LogP contribution >= 0.6 is 11.6 Å². The number of fused-ring (bicyclic) bond motifs is 1. The molecule has 0 aromatic heterocycles. The molecule has 1 heterocycles. The van der Waals surface area contributed by atoms with Crippen molar-refractivity contribution in [2.75, 3.05) is 13.2 Å². The maximum Gasteiger partial charge on any atom is 0.307 e. The Morgan fingerprint density at radius 1 is 1.23 bits per heavy atom. The van der Waals surface area contributed by atoms with Gasteiger partial charge >= 0.3 is 5.97 Å². The van der Waals surface area contributed by atoms with E-state index in [1.54, 1.807) is 19.1 Å². The van der Waals surface area contributed by atoms with E-state index in [2.05, 4.69) is 0 Å².